The van der Waals surface area contributed by atoms with Crippen molar-refractivity contribution in [1.29, 1.82) is 0 Å². The van der Waals surface area contributed by atoms with Crippen molar-refractivity contribution in [1.82, 2.24) is 19.8 Å². The van der Waals surface area contributed by atoms with E-state index in [1.165, 1.54) is 0 Å². The summed E-state index contributed by atoms with van der Waals surface area (Å²) in [5.74, 6) is 0.987. The number of nitrogens with one attached hydrogen (secondary N) is 1. The predicted molar refractivity (Wildman–Crippen MR) is 76.9 cm³/mol. The molecule has 0 bridgehead atoms. The van der Waals surface area contributed by atoms with Crippen LogP contribution in [0.5, 0.6) is 5.88 Å². The van der Waals surface area contributed by atoms with Gasteiger partial charge in [0.15, 0.2) is 0 Å². The molecule has 0 fully saturated rings. The maximum Gasteiger partial charge on any atom is 0.282 e. The molecule has 2 heterocycles. The average Bonchev–Trinajstić information content (AvgIpc) is 2.60. The number of nitrogens with zero attached hydrogens (tertiary/aromatic N) is 3. The molecule has 1 N–H and O–H groups in total. The minimum absolute atomic E-state index is 0.475. The molecule has 0 aromatic carbocycles. The van der Waals surface area contributed by atoms with Crippen LogP contribution in [0.15, 0.2) is 17.0 Å². The van der Waals surface area contributed by atoms with E-state index in [1.54, 1.807) is 6.20 Å². The van der Waals surface area contributed by atoms with Gasteiger partial charge in [-0.3, -0.25) is 4.40 Å². The SMILES string of the molecule is CC(C)CNOc1nc(Br)cn2c(I)cnc12. The molecule has 2 aromatic heterocycles. The molecule has 0 amide bonds. The van der Waals surface area contributed by atoms with Gasteiger partial charge in [0, 0.05) is 12.7 Å². The Morgan fingerprint density at radius 3 is 3.06 bits per heavy atom. The second-order valence-corrected chi connectivity index (χ2v) is 5.91. The maximum absolute atomic E-state index is 5.45. The van der Waals surface area contributed by atoms with Crippen molar-refractivity contribution >= 4 is 44.2 Å². The fourth-order valence-corrected chi connectivity index (χ4v) is 2.12. The van der Waals surface area contributed by atoms with E-state index in [1.807, 2.05) is 10.6 Å². The van der Waals surface area contributed by atoms with E-state index >= 15 is 0 Å². The second-order valence-electron chi connectivity index (χ2n) is 3.99. The van der Waals surface area contributed by atoms with Crippen LogP contribution < -0.4 is 10.3 Å². The van der Waals surface area contributed by atoms with Crippen molar-refractivity contribution < 1.29 is 4.84 Å². The lowest BCUT2D eigenvalue weighted by atomic mass is 10.2. The molecule has 2 aromatic rings. The quantitative estimate of drug-likeness (QED) is 0.621. The Bertz CT molecular complexity index is 528. The summed E-state index contributed by atoms with van der Waals surface area (Å²) in [7, 11) is 0. The third kappa shape index (κ3) is 3.08. The van der Waals surface area contributed by atoms with Crippen molar-refractivity contribution in [3.63, 3.8) is 0 Å². The van der Waals surface area contributed by atoms with Crippen molar-refractivity contribution in [2.75, 3.05) is 6.54 Å². The van der Waals surface area contributed by atoms with Gasteiger partial charge in [-0.2, -0.15) is 10.5 Å². The third-order valence-corrected chi connectivity index (χ3v) is 3.23. The van der Waals surface area contributed by atoms with Crippen molar-refractivity contribution in [3.8, 4) is 5.88 Å². The van der Waals surface area contributed by atoms with Gasteiger partial charge in [0.05, 0.1) is 6.20 Å². The van der Waals surface area contributed by atoms with Crippen LogP contribution in [0.1, 0.15) is 13.8 Å². The lowest BCUT2D eigenvalue weighted by molar-refractivity contribution is 0.176. The first-order chi connectivity index (χ1) is 8.08. The van der Waals surface area contributed by atoms with E-state index < -0.39 is 0 Å². The van der Waals surface area contributed by atoms with E-state index in [4.69, 9.17) is 4.84 Å². The average molecular weight is 411 g/mol. The molecule has 0 aliphatic carbocycles. The number of hydrogen-bond acceptors (Lipinski definition) is 4. The molecule has 0 radical (unpaired) electrons. The van der Waals surface area contributed by atoms with Gasteiger partial charge in [-0.25, -0.2) is 4.98 Å². The van der Waals surface area contributed by atoms with Gasteiger partial charge >= 0.3 is 0 Å². The largest absolute Gasteiger partial charge is 0.384 e. The summed E-state index contributed by atoms with van der Waals surface area (Å²) in [5.41, 5.74) is 3.59. The molecule has 0 unspecified atom stereocenters. The highest BCUT2D eigenvalue weighted by atomic mass is 127. The Morgan fingerprint density at radius 1 is 1.59 bits per heavy atom. The summed E-state index contributed by atoms with van der Waals surface area (Å²) in [5, 5.41) is 0. The molecule has 2 rings (SSSR count). The van der Waals surface area contributed by atoms with Crippen LogP contribution in [0.4, 0.5) is 0 Å². The van der Waals surface area contributed by atoms with Gasteiger partial charge in [0.25, 0.3) is 5.88 Å². The van der Waals surface area contributed by atoms with Crippen LogP contribution in [0.2, 0.25) is 0 Å². The monoisotopic (exact) mass is 410 g/mol. The molecule has 5 nitrogen and oxygen atoms in total. The van der Waals surface area contributed by atoms with Crippen LogP contribution in [0.25, 0.3) is 5.65 Å². The maximum atomic E-state index is 5.45. The number of hydrogen-bond donors (Lipinski definition) is 1. The van der Waals surface area contributed by atoms with E-state index in [-0.39, 0.29) is 0 Å². The number of hydroxylamine groups is 1. The Morgan fingerprint density at radius 2 is 2.35 bits per heavy atom. The van der Waals surface area contributed by atoms with Crippen molar-refractivity contribution in [2.24, 2.45) is 5.92 Å². The van der Waals surface area contributed by atoms with Crippen LogP contribution in [0.3, 0.4) is 0 Å². The third-order valence-electron chi connectivity index (χ3n) is 2.05. The first-order valence-corrected chi connectivity index (χ1v) is 7.04. The first-order valence-electron chi connectivity index (χ1n) is 5.16. The summed E-state index contributed by atoms with van der Waals surface area (Å²) in [6, 6.07) is 0. The fourth-order valence-electron chi connectivity index (χ4n) is 1.25. The predicted octanol–water partition coefficient (Wildman–Crippen LogP) is 2.64. The van der Waals surface area contributed by atoms with Gasteiger partial charge in [-0.1, -0.05) is 13.8 Å². The first kappa shape index (κ1) is 13.0. The molecular weight excluding hydrogens is 399 g/mol. The summed E-state index contributed by atoms with van der Waals surface area (Å²) in [6.45, 7) is 4.98. The number of halogens is 2. The van der Waals surface area contributed by atoms with Gasteiger partial charge < -0.3 is 4.84 Å². The molecule has 0 saturated carbocycles. The highest BCUT2D eigenvalue weighted by Gasteiger charge is 2.10. The van der Waals surface area contributed by atoms with Crippen LogP contribution in [-0.2, 0) is 0 Å². The Kier molecular flexibility index (Phi) is 4.21. The minimum Gasteiger partial charge on any atom is -0.384 e. The molecular formula is C10H12BrIN4O. The van der Waals surface area contributed by atoms with Crippen LogP contribution in [0, 0.1) is 9.62 Å². The fraction of sp³-hybridized carbons (Fsp3) is 0.400. The molecule has 92 valence electrons. The van der Waals surface area contributed by atoms with Gasteiger partial charge in [0.2, 0.25) is 5.65 Å². The summed E-state index contributed by atoms with van der Waals surface area (Å²) >= 11 is 5.56. The van der Waals surface area contributed by atoms with Crippen molar-refractivity contribution in [3.05, 3.63) is 20.7 Å². The Balaban J connectivity index is 2.26. The summed E-state index contributed by atoms with van der Waals surface area (Å²) in [4.78, 5) is 14.0. The Hall–Kier alpha value is -0.410. The van der Waals surface area contributed by atoms with Gasteiger partial charge in [-0.05, 0) is 44.4 Å². The number of imidazole rings is 1. The lowest BCUT2D eigenvalue weighted by Crippen LogP contribution is -2.24. The Labute approximate surface area is 121 Å². The normalized spacial score (nSPS) is 11.4. The number of rotatable bonds is 4. The van der Waals surface area contributed by atoms with Crippen LogP contribution >= 0.6 is 38.5 Å². The zero-order valence-electron chi connectivity index (χ0n) is 9.44. The zero-order chi connectivity index (χ0) is 12.4. The van der Waals surface area contributed by atoms with Gasteiger partial charge in [0.1, 0.15) is 8.30 Å². The molecule has 0 aliphatic rings. The highest BCUT2D eigenvalue weighted by molar-refractivity contribution is 14.1. The van der Waals surface area contributed by atoms with E-state index in [9.17, 15) is 0 Å². The topological polar surface area (TPSA) is 51.5 Å². The van der Waals surface area contributed by atoms with Gasteiger partial charge in [-0.15, -0.1) is 0 Å². The minimum atomic E-state index is 0.475. The molecule has 0 aliphatic heterocycles. The zero-order valence-corrected chi connectivity index (χ0v) is 13.2. The number of aromatic nitrogens is 3. The molecule has 0 saturated heterocycles. The molecule has 0 spiro atoms. The standard InChI is InChI=1S/C10H12BrIN4O/c1-6(2)3-14-17-10-9-13-4-8(12)16(9)5-7(11)15-10/h4-6,14H,3H2,1-2H3. The van der Waals surface area contributed by atoms with E-state index in [0.717, 1.165) is 10.2 Å². The highest BCUT2D eigenvalue weighted by Crippen LogP contribution is 2.21. The van der Waals surface area contributed by atoms with E-state index in [2.05, 4.69) is 67.8 Å². The van der Waals surface area contributed by atoms with Crippen LogP contribution in [-0.4, -0.2) is 20.9 Å². The lowest BCUT2D eigenvalue weighted by Gasteiger charge is -2.09. The smallest absolute Gasteiger partial charge is 0.282 e. The second kappa shape index (κ2) is 5.49. The number of fused-ring (bicyclic) bond motifs is 1. The molecule has 17 heavy (non-hydrogen) atoms. The molecule has 7 heteroatoms. The van der Waals surface area contributed by atoms with Crippen molar-refractivity contribution in [2.45, 2.75) is 13.8 Å². The van der Waals surface area contributed by atoms with E-state index in [0.29, 0.717) is 22.0 Å². The summed E-state index contributed by atoms with van der Waals surface area (Å²) in [6.07, 6.45) is 3.64. The molecule has 0 atom stereocenters. The summed E-state index contributed by atoms with van der Waals surface area (Å²) < 4.78 is 3.64.